The number of hydrogen-bond acceptors (Lipinski definition) is 2. The lowest BCUT2D eigenvalue weighted by Crippen LogP contribution is -1.92. The van der Waals surface area contributed by atoms with Gasteiger partial charge in [-0.2, -0.15) is 0 Å². The van der Waals surface area contributed by atoms with Crippen LogP contribution in [-0.2, 0) is 0 Å². The largest absolute Gasteiger partial charge is 0.493 e. The van der Waals surface area contributed by atoms with Gasteiger partial charge in [-0.25, -0.2) is 0 Å². The van der Waals surface area contributed by atoms with Crippen molar-refractivity contribution in [3.05, 3.63) is 45.4 Å². The quantitative estimate of drug-likeness (QED) is 0.761. The van der Waals surface area contributed by atoms with Gasteiger partial charge >= 0.3 is 0 Å². The molecule has 19 heavy (non-hydrogen) atoms. The van der Waals surface area contributed by atoms with Crippen LogP contribution >= 0.6 is 34.8 Å². The molecule has 0 aliphatic carbocycles. The Morgan fingerprint density at radius 3 is 2.21 bits per heavy atom. The summed E-state index contributed by atoms with van der Waals surface area (Å²) in [6.07, 6.45) is 0. The highest BCUT2D eigenvalue weighted by Crippen LogP contribution is 2.41. The molecule has 0 saturated heterocycles. The Labute approximate surface area is 126 Å². The molecule has 0 fully saturated rings. The van der Waals surface area contributed by atoms with Crippen LogP contribution in [0, 0.1) is 0 Å². The van der Waals surface area contributed by atoms with Crippen LogP contribution in [0.3, 0.4) is 0 Å². The summed E-state index contributed by atoms with van der Waals surface area (Å²) >= 11 is 18.3. The molecule has 0 aromatic heterocycles. The minimum Gasteiger partial charge on any atom is -0.493 e. The van der Waals surface area contributed by atoms with Crippen LogP contribution in [0.1, 0.15) is 0 Å². The molecule has 5 heteroatoms. The summed E-state index contributed by atoms with van der Waals surface area (Å²) in [7, 11) is 3.09. The van der Waals surface area contributed by atoms with E-state index in [0.29, 0.717) is 26.6 Å². The Hall–Kier alpha value is -1.09. The molecule has 2 rings (SSSR count). The maximum atomic E-state index is 6.18. The van der Waals surface area contributed by atoms with Gasteiger partial charge in [0, 0.05) is 15.6 Å². The summed E-state index contributed by atoms with van der Waals surface area (Å²) in [6, 6.07) is 8.82. The van der Waals surface area contributed by atoms with Gasteiger partial charge in [0.15, 0.2) is 11.5 Å². The molecule has 0 spiro atoms. The number of hydrogen-bond donors (Lipinski definition) is 0. The predicted octanol–water partition coefficient (Wildman–Crippen LogP) is 5.33. The average molecular weight is 318 g/mol. The minimum atomic E-state index is 0.452. The molecule has 0 bridgehead atoms. The fourth-order valence-electron chi connectivity index (χ4n) is 1.79. The highest BCUT2D eigenvalue weighted by atomic mass is 35.5. The monoisotopic (exact) mass is 316 g/mol. The van der Waals surface area contributed by atoms with E-state index in [1.807, 2.05) is 6.07 Å². The number of rotatable bonds is 3. The third-order valence-corrected chi connectivity index (χ3v) is 3.52. The van der Waals surface area contributed by atoms with E-state index in [2.05, 4.69) is 0 Å². The van der Waals surface area contributed by atoms with E-state index < -0.39 is 0 Å². The number of halogens is 3. The Bertz CT molecular complexity index is 612. The van der Waals surface area contributed by atoms with Crippen molar-refractivity contribution in [3.8, 4) is 22.6 Å². The number of benzene rings is 2. The Kier molecular flexibility index (Phi) is 4.46. The standard InChI is InChI=1S/C14H11Cl3O2/c1-18-13-6-8(5-12(17)14(13)19-2)10-7-9(15)3-4-11(10)16/h3-7H,1-2H3. The fourth-order valence-corrected chi connectivity index (χ4v) is 2.48. The van der Waals surface area contributed by atoms with Crippen molar-refractivity contribution < 1.29 is 9.47 Å². The number of ether oxygens (including phenoxy) is 2. The summed E-state index contributed by atoms with van der Waals surface area (Å²) in [5.74, 6) is 1.03. The second-order valence-corrected chi connectivity index (χ2v) is 5.07. The van der Waals surface area contributed by atoms with Crippen molar-refractivity contribution in [1.82, 2.24) is 0 Å². The Morgan fingerprint density at radius 2 is 1.58 bits per heavy atom. The van der Waals surface area contributed by atoms with E-state index in [9.17, 15) is 0 Å². The number of methoxy groups -OCH3 is 2. The van der Waals surface area contributed by atoms with Crippen molar-refractivity contribution in [1.29, 1.82) is 0 Å². The topological polar surface area (TPSA) is 18.5 Å². The lowest BCUT2D eigenvalue weighted by Gasteiger charge is -2.13. The van der Waals surface area contributed by atoms with Crippen molar-refractivity contribution in [3.63, 3.8) is 0 Å². The lowest BCUT2D eigenvalue weighted by molar-refractivity contribution is 0.355. The first kappa shape index (κ1) is 14.3. The van der Waals surface area contributed by atoms with E-state index >= 15 is 0 Å². The van der Waals surface area contributed by atoms with Crippen LogP contribution in [0.4, 0.5) is 0 Å². The molecular formula is C14H11Cl3O2. The van der Waals surface area contributed by atoms with Crippen molar-refractivity contribution >= 4 is 34.8 Å². The molecule has 100 valence electrons. The molecule has 0 unspecified atom stereocenters. The molecule has 0 amide bonds. The molecule has 0 heterocycles. The lowest BCUT2D eigenvalue weighted by atomic mass is 10.0. The summed E-state index contributed by atoms with van der Waals surface area (Å²) in [6.45, 7) is 0. The van der Waals surface area contributed by atoms with Gasteiger partial charge < -0.3 is 9.47 Å². The second kappa shape index (κ2) is 5.91. The van der Waals surface area contributed by atoms with Crippen molar-refractivity contribution in [2.24, 2.45) is 0 Å². The summed E-state index contributed by atoms with van der Waals surface area (Å²) in [5, 5.41) is 1.64. The first-order valence-electron chi connectivity index (χ1n) is 5.43. The van der Waals surface area contributed by atoms with Crippen molar-refractivity contribution in [2.75, 3.05) is 14.2 Å². The Morgan fingerprint density at radius 1 is 0.842 bits per heavy atom. The van der Waals surface area contributed by atoms with E-state index in [1.54, 1.807) is 31.4 Å². The zero-order valence-electron chi connectivity index (χ0n) is 10.3. The first-order chi connectivity index (χ1) is 9.06. The zero-order valence-corrected chi connectivity index (χ0v) is 12.6. The van der Waals surface area contributed by atoms with Gasteiger partial charge in [0.2, 0.25) is 0 Å². The van der Waals surface area contributed by atoms with Crippen LogP contribution in [0.2, 0.25) is 15.1 Å². The van der Waals surface area contributed by atoms with Gasteiger partial charge in [-0.15, -0.1) is 0 Å². The van der Waals surface area contributed by atoms with E-state index in [0.717, 1.165) is 11.1 Å². The zero-order chi connectivity index (χ0) is 14.0. The predicted molar refractivity (Wildman–Crippen MR) is 80.0 cm³/mol. The van der Waals surface area contributed by atoms with Crippen LogP contribution in [0.25, 0.3) is 11.1 Å². The van der Waals surface area contributed by atoms with Gasteiger partial charge in [0.25, 0.3) is 0 Å². The van der Waals surface area contributed by atoms with E-state index in [1.165, 1.54) is 7.11 Å². The van der Waals surface area contributed by atoms with Crippen LogP contribution < -0.4 is 9.47 Å². The molecule has 0 radical (unpaired) electrons. The van der Waals surface area contributed by atoms with Crippen LogP contribution in [0.15, 0.2) is 30.3 Å². The van der Waals surface area contributed by atoms with Gasteiger partial charge in [-0.1, -0.05) is 34.8 Å². The minimum absolute atomic E-state index is 0.452. The second-order valence-electron chi connectivity index (χ2n) is 3.82. The maximum absolute atomic E-state index is 6.18. The average Bonchev–Trinajstić information content (AvgIpc) is 2.40. The molecular weight excluding hydrogens is 307 g/mol. The molecule has 0 aliphatic heterocycles. The molecule has 2 nitrogen and oxygen atoms in total. The molecule has 2 aromatic carbocycles. The SMILES string of the molecule is COc1cc(-c2cc(Cl)ccc2Cl)cc(Cl)c1OC. The smallest absolute Gasteiger partial charge is 0.179 e. The molecule has 0 N–H and O–H groups in total. The third-order valence-electron chi connectivity index (χ3n) is 2.67. The summed E-state index contributed by atoms with van der Waals surface area (Å²) < 4.78 is 10.5. The Balaban J connectivity index is 2.63. The van der Waals surface area contributed by atoms with Crippen LogP contribution in [0.5, 0.6) is 11.5 Å². The summed E-state index contributed by atoms with van der Waals surface area (Å²) in [4.78, 5) is 0. The van der Waals surface area contributed by atoms with Gasteiger partial charge in [0.1, 0.15) is 0 Å². The van der Waals surface area contributed by atoms with Gasteiger partial charge in [-0.3, -0.25) is 0 Å². The van der Waals surface area contributed by atoms with Crippen LogP contribution in [-0.4, -0.2) is 14.2 Å². The molecule has 2 aromatic rings. The molecule has 0 atom stereocenters. The molecule has 0 saturated carbocycles. The highest BCUT2D eigenvalue weighted by molar-refractivity contribution is 6.36. The van der Waals surface area contributed by atoms with Gasteiger partial charge in [0.05, 0.1) is 19.2 Å². The third kappa shape index (κ3) is 2.92. The van der Waals surface area contributed by atoms with Gasteiger partial charge in [-0.05, 0) is 35.9 Å². The first-order valence-corrected chi connectivity index (χ1v) is 6.57. The summed E-state index contributed by atoms with van der Waals surface area (Å²) in [5.41, 5.74) is 1.60. The fraction of sp³-hybridized carbons (Fsp3) is 0.143. The van der Waals surface area contributed by atoms with E-state index in [-0.39, 0.29) is 0 Å². The maximum Gasteiger partial charge on any atom is 0.179 e. The normalized spacial score (nSPS) is 10.4. The highest BCUT2D eigenvalue weighted by Gasteiger charge is 2.13. The van der Waals surface area contributed by atoms with Crippen molar-refractivity contribution in [2.45, 2.75) is 0 Å². The molecule has 0 aliphatic rings. The van der Waals surface area contributed by atoms with E-state index in [4.69, 9.17) is 44.3 Å².